The van der Waals surface area contributed by atoms with Crippen LogP contribution in [0.2, 0.25) is 0 Å². The molecule has 1 aliphatic heterocycles. The topological polar surface area (TPSA) is 135 Å². The van der Waals surface area contributed by atoms with Gasteiger partial charge in [-0.05, 0) is 54.1 Å². The second-order valence-electron chi connectivity index (χ2n) is 9.29. The van der Waals surface area contributed by atoms with Crippen molar-refractivity contribution in [1.82, 2.24) is 35.1 Å². The summed E-state index contributed by atoms with van der Waals surface area (Å²) < 4.78 is 5.92. The highest BCUT2D eigenvalue weighted by Crippen LogP contribution is 2.30. The van der Waals surface area contributed by atoms with Gasteiger partial charge in [-0.15, -0.1) is 5.10 Å². The largest absolute Gasteiger partial charge is 0.436 e. The lowest BCUT2D eigenvalue weighted by molar-refractivity contribution is -0.114. The van der Waals surface area contributed by atoms with Crippen molar-refractivity contribution in [3.63, 3.8) is 0 Å². The third-order valence-corrected chi connectivity index (χ3v) is 6.50. The maximum Gasteiger partial charge on any atom is 0.272 e. The Morgan fingerprint density at radius 3 is 2.72 bits per heavy atom. The predicted octanol–water partition coefficient (Wildman–Crippen LogP) is 3.42. The van der Waals surface area contributed by atoms with Crippen LogP contribution in [-0.2, 0) is 11.8 Å². The van der Waals surface area contributed by atoms with E-state index in [4.69, 9.17) is 4.42 Å². The molecule has 0 aliphatic carbocycles. The fourth-order valence-corrected chi connectivity index (χ4v) is 4.76. The van der Waals surface area contributed by atoms with Gasteiger partial charge >= 0.3 is 0 Å². The second kappa shape index (κ2) is 9.97. The van der Waals surface area contributed by atoms with E-state index in [1.165, 1.54) is 11.7 Å². The number of aromatic nitrogens is 6. The highest BCUT2D eigenvalue weighted by atomic mass is 16.3. The van der Waals surface area contributed by atoms with Crippen LogP contribution in [0.25, 0.3) is 22.6 Å². The van der Waals surface area contributed by atoms with Crippen molar-refractivity contribution in [3.8, 4) is 11.5 Å². The van der Waals surface area contributed by atoms with Crippen molar-refractivity contribution in [2.75, 3.05) is 23.3 Å². The van der Waals surface area contributed by atoms with Crippen LogP contribution in [-0.4, -0.2) is 66.0 Å². The second-order valence-corrected chi connectivity index (χ2v) is 9.29. The van der Waals surface area contributed by atoms with Crippen LogP contribution in [0.3, 0.4) is 0 Å². The number of fused-ring (bicyclic) bond motifs is 1. The van der Waals surface area contributed by atoms with Crippen molar-refractivity contribution < 1.29 is 14.0 Å². The maximum absolute atomic E-state index is 13.5. The van der Waals surface area contributed by atoms with Crippen LogP contribution in [0.4, 0.5) is 17.3 Å². The number of likely N-dealkylation sites (tertiary alicyclic amines) is 1. The van der Waals surface area contributed by atoms with Crippen LogP contribution in [0.15, 0.2) is 71.3 Å². The number of amides is 2. The van der Waals surface area contributed by atoms with Gasteiger partial charge in [0.25, 0.3) is 11.9 Å². The molecule has 6 rings (SSSR count). The molecule has 3 aromatic heterocycles. The molecule has 1 N–H and O–H groups in total. The molecule has 1 atom stereocenters. The van der Waals surface area contributed by atoms with Crippen LogP contribution >= 0.6 is 0 Å². The lowest BCUT2D eigenvalue weighted by atomic mass is 10.2. The summed E-state index contributed by atoms with van der Waals surface area (Å²) in [6, 6.07) is 18.5. The zero-order chi connectivity index (χ0) is 26.9. The Kier molecular flexibility index (Phi) is 6.19. The molecule has 0 spiro atoms. The average molecular weight is 524 g/mol. The van der Waals surface area contributed by atoms with Crippen molar-refractivity contribution in [2.45, 2.75) is 19.4 Å². The van der Waals surface area contributed by atoms with Gasteiger partial charge in [0.05, 0.1) is 13.1 Å². The quantitative estimate of drug-likeness (QED) is 0.355. The molecule has 12 nitrogen and oxygen atoms in total. The van der Waals surface area contributed by atoms with E-state index in [1.54, 1.807) is 48.5 Å². The van der Waals surface area contributed by atoms with Gasteiger partial charge in [0, 0.05) is 43.1 Å². The van der Waals surface area contributed by atoms with E-state index < -0.39 is 0 Å². The number of anilines is 3. The standard InChI is InChI=1S/C27H25N9O3/c1-17(37)29-19-8-9-24-22(15-19)30-25(39-24)18-10-12-28-23(14-18)26(38)35-13-11-21(16-35)36(20-6-4-3-5-7-20)27-31-33-34(2)32-27/h3-10,12,14-15,21H,11,13,16H2,1-2H3,(H,29,37). The first-order valence-corrected chi connectivity index (χ1v) is 12.5. The molecular weight excluding hydrogens is 498 g/mol. The van der Waals surface area contributed by atoms with Crippen LogP contribution in [0.1, 0.15) is 23.8 Å². The average Bonchev–Trinajstić information content (AvgIpc) is 3.69. The minimum atomic E-state index is -0.177. The third kappa shape index (κ3) is 4.91. The Labute approximate surface area is 223 Å². The van der Waals surface area contributed by atoms with Gasteiger partial charge in [-0.1, -0.05) is 23.3 Å². The predicted molar refractivity (Wildman–Crippen MR) is 143 cm³/mol. The lowest BCUT2D eigenvalue weighted by Gasteiger charge is -2.27. The number of tetrazole rings is 1. The van der Waals surface area contributed by atoms with E-state index in [9.17, 15) is 9.59 Å². The molecule has 5 aromatic rings. The molecule has 39 heavy (non-hydrogen) atoms. The van der Waals surface area contributed by atoms with E-state index in [-0.39, 0.29) is 17.9 Å². The van der Waals surface area contributed by atoms with Crippen molar-refractivity contribution in [1.29, 1.82) is 0 Å². The smallest absolute Gasteiger partial charge is 0.272 e. The van der Waals surface area contributed by atoms with Crippen LogP contribution < -0.4 is 10.2 Å². The Bertz CT molecular complexity index is 1660. The summed E-state index contributed by atoms with van der Waals surface area (Å²) in [6.07, 6.45) is 2.31. The molecule has 2 amide bonds. The first-order chi connectivity index (χ1) is 18.9. The number of aryl methyl sites for hydroxylation is 1. The highest BCUT2D eigenvalue weighted by molar-refractivity contribution is 5.94. The molecule has 0 bridgehead atoms. The fourth-order valence-electron chi connectivity index (χ4n) is 4.76. The molecule has 196 valence electrons. The number of hydrogen-bond acceptors (Lipinski definition) is 9. The first-order valence-electron chi connectivity index (χ1n) is 12.5. The Morgan fingerprint density at radius 1 is 1.10 bits per heavy atom. The molecule has 1 unspecified atom stereocenters. The molecule has 2 aromatic carbocycles. The molecule has 0 saturated carbocycles. The number of nitrogens with zero attached hydrogens (tertiary/aromatic N) is 8. The summed E-state index contributed by atoms with van der Waals surface area (Å²) in [4.78, 5) is 39.0. The Balaban J connectivity index is 1.23. The number of para-hydroxylation sites is 1. The van der Waals surface area contributed by atoms with Crippen molar-refractivity contribution in [3.05, 3.63) is 72.6 Å². The minimum Gasteiger partial charge on any atom is -0.436 e. The molecule has 4 heterocycles. The normalized spacial score (nSPS) is 15.0. The number of nitrogens with one attached hydrogen (secondary N) is 1. The number of carbonyl (C=O) groups is 2. The molecule has 1 fully saturated rings. The van der Waals surface area contributed by atoms with Gasteiger partial charge in [0.15, 0.2) is 5.58 Å². The summed E-state index contributed by atoms with van der Waals surface area (Å²) in [5, 5.41) is 15.4. The molecule has 12 heteroatoms. The fraction of sp³-hybridized carbons (Fsp3) is 0.222. The number of pyridine rings is 1. The maximum atomic E-state index is 13.5. The zero-order valence-corrected chi connectivity index (χ0v) is 21.4. The lowest BCUT2D eigenvalue weighted by Crippen LogP contribution is -2.37. The third-order valence-electron chi connectivity index (χ3n) is 6.50. The molecule has 1 aliphatic rings. The Hall–Kier alpha value is -5.13. The van der Waals surface area contributed by atoms with E-state index >= 15 is 0 Å². The van der Waals surface area contributed by atoms with Gasteiger partial charge in [-0.2, -0.15) is 4.80 Å². The van der Waals surface area contributed by atoms with Gasteiger partial charge < -0.3 is 19.5 Å². The molecular formula is C27H25N9O3. The molecule has 0 radical (unpaired) electrons. The summed E-state index contributed by atoms with van der Waals surface area (Å²) in [7, 11) is 1.72. The first kappa shape index (κ1) is 24.2. The summed E-state index contributed by atoms with van der Waals surface area (Å²) in [5.41, 5.74) is 3.67. The van der Waals surface area contributed by atoms with Crippen molar-refractivity contribution in [2.24, 2.45) is 7.05 Å². The number of hydrogen-bond donors (Lipinski definition) is 1. The van der Waals surface area contributed by atoms with E-state index in [0.29, 0.717) is 53.0 Å². The zero-order valence-electron chi connectivity index (χ0n) is 21.4. The van der Waals surface area contributed by atoms with E-state index in [2.05, 4.69) is 30.7 Å². The van der Waals surface area contributed by atoms with Gasteiger partial charge in [0.2, 0.25) is 11.8 Å². The number of rotatable bonds is 6. The summed E-state index contributed by atoms with van der Waals surface area (Å²) in [5.74, 6) is 0.508. The number of oxazole rings is 1. The summed E-state index contributed by atoms with van der Waals surface area (Å²) >= 11 is 0. The minimum absolute atomic E-state index is 0.0291. The van der Waals surface area contributed by atoms with E-state index in [1.807, 2.05) is 35.2 Å². The monoisotopic (exact) mass is 523 g/mol. The molecule has 1 saturated heterocycles. The van der Waals surface area contributed by atoms with Crippen LogP contribution in [0.5, 0.6) is 0 Å². The van der Waals surface area contributed by atoms with Gasteiger partial charge in [0.1, 0.15) is 11.2 Å². The highest BCUT2D eigenvalue weighted by Gasteiger charge is 2.34. The number of benzene rings is 2. The van der Waals surface area contributed by atoms with E-state index in [0.717, 1.165) is 12.1 Å². The van der Waals surface area contributed by atoms with Crippen LogP contribution in [0, 0.1) is 0 Å². The number of carbonyl (C=O) groups excluding carboxylic acids is 2. The van der Waals surface area contributed by atoms with Gasteiger partial charge in [-0.25, -0.2) is 4.98 Å². The Morgan fingerprint density at radius 2 is 1.95 bits per heavy atom. The van der Waals surface area contributed by atoms with Gasteiger partial charge in [-0.3, -0.25) is 14.6 Å². The SMILES string of the molecule is CC(=O)Nc1ccc2oc(-c3ccnc(C(=O)N4CCC(N(c5ccccc5)c5nnn(C)n5)C4)c3)nc2c1. The summed E-state index contributed by atoms with van der Waals surface area (Å²) in [6.45, 7) is 2.49. The van der Waals surface area contributed by atoms with Crippen molar-refractivity contribution >= 4 is 40.2 Å².